The Morgan fingerprint density at radius 3 is 2.14 bits per heavy atom. The van der Waals surface area contributed by atoms with Crippen molar-refractivity contribution < 1.29 is 4.79 Å². The predicted octanol–water partition coefficient (Wildman–Crippen LogP) is 6.32. The van der Waals surface area contributed by atoms with E-state index >= 15 is 0 Å². The van der Waals surface area contributed by atoms with E-state index in [1.54, 1.807) is 0 Å². The number of Topliss-reactive ketones (excluding diaryl/α,β-unsaturated/α-hetero) is 1. The highest BCUT2D eigenvalue weighted by atomic mass is 16.1. The Balaban J connectivity index is 1.82. The van der Waals surface area contributed by atoms with Crippen LogP contribution in [0.1, 0.15) is 82.4 Å². The summed E-state index contributed by atoms with van der Waals surface area (Å²) in [4.78, 5) is 13.5. The lowest BCUT2D eigenvalue weighted by Crippen LogP contribution is -2.43. The number of rotatable bonds is 6. The van der Waals surface area contributed by atoms with Crippen molar-refractivity contribution in [1.82, 2.24) is 5.32 Å². The topological polar surface area (TPSA) is 29.1 Å². The van der Waals surface area contributed by atoms with Gasteiger partial charge in [-0.3, -0.25) is 4.79 Å². The molecular formula is C27H37NO. The molecule has 1 heterocycles. The highest BCUT2D eigenvalue weighted by molar-refractivity contribution is 5.89. The SMILES string of the molecule is CC(C)c1ccc(C(C(=O)CC2CC(C(C)(C)C)CCN2)c2ccccc2)cc1. The molecule has 0 aliphatic carbocycles. The van der Waals surface area contributed by atoms with Gasteiger partial charge in [-0.05, 0) is 53.3 Å². The number of carbonyl (C=O) groups is 1. The number of piperidine rings is 1. The molecule has 3 unspecified atom stereocenters. The molecule has 29 heavy (non-hydrogen) atoms. The van der Waals surface area contributed by atoms with Crippen LogP contribution < -0.4 is 5.32 Å². The molecule has 1 saturated heterocycles. The molecule has 1 aliphatic heterocycles. The molecule has 0 radical (unpaired) electrons. The third-order valence-electron chi connectivity index (χ3n) is 6.56. The zero-order valence-corrected chi connectivity index (χ0v) is 18.7. The average molecular weight is 392 g/mol. The van der Waals surface area contributed by atoms with Gasteiger partial charge >= 0.3 is 0 Å². The van der Waals surface area contributed by atoms with Crippen LogP contribution in [0.2, 0.25) is 0 Å². The van der Waals surface area contributed by atoms with Gasteiger partial charge in [-0.2, -0.15) is 0 Å². The van der Waals surface area contributed by atoms with E-state index in [1.165, 1.54) is 12.0 Å². The van der Waals surface area contributed by atoms with Gasteiger partial charge in [0.15, 0.2) is 0 Å². The smallest absolute Gasteiger partial charge is 0.146 e. The van der Waals surface area contributed by atoms with Gasteiger partial charge in [-0.15, -0.1) is 0 Å². The molecular weight excluding hydrogens is 354 g/mol. The second kappa shape index (κ2) is 9.26. The molecule has 0 bridgehead atoms. The maximum atomic E-state index is 13.5. The fourth-order valence-electron chi connectivity index (χ4n) is 4.59. The Bertz CT molecular complexity index is 786. The van der Waals surface area contributed by atoms with E-state index in [2.05, 4.69) is 76.3 Å². The fraction of sp³-hybridized carbons (Fsp3) is 0.519. The number of nitrogens with one attached hydrogen (secondary N) is 1. The van der Waals surface area contributed by atoms with E-state index in [0.717, 1.165) is 24.1 Å². The van der Waals surface area contributed by atoms with Crippen LogP contribution in [0.5, 0.6) is 0 Å². The molecule has 2 aromatic carbocycles. The van der Waals surface area contributed by atoms with Crippen LogP contribution in [-0.2, 0) is 4.79 Å². The molecule has 0 saturated carbocycles. The van der Waals surface area contributed by atoms with Gasteiger partial charge in [-0.25, -0.2) is 0 Å². The molecule has 2 nitrogen and oxygen atoms in total. The minimum Gasteiger partial charge on any atom is -0.314 e. The summed E-state index contributed by atoms with van der Waals surface area (Å²) in [6, 6.07) is 19.2. The predicted molar refractivity (Wildman–Crippen MR) is 122 cm³/mol. The lowest BCUT2D eigenvalue weighted by molar-refractivity contribution is -0.120. The molecule has 3 rings (SSSR count). The monoisotopic (exact) mass is 391 g/mol. The number of benzene rings is 2. The Kier molecular flexibility index (Phi) is 6.95. The van der Waals surface area contributed by atoms with Crippen LogP contribution in [0.3, 0.4) is 0 Å². The second-order valence-corrected chi connectivity index (χ2v) is 10.1. The molecule has 0 amide bonds. The molecule has 1 N–H and O–H groups in total. The minimum atomic E-state index is -0.186. The van der Waals surface area contributed by atoms with Crippen molar-refractivity contribution >= 4 is 5.78 Å². The summed E-state index contributed by atoms with van der Waals surface area (Å²) in [5, 5.41) is 3.61. The minimum absolute atomic E-state index is 0.186. The molecule has 2 aromatic rings. The first-order valence-corrected chi connectivity index (χ1v) is 11.2. The Labute approximate surface area is 177 Å². The van der Waals surface area contributed by atoms with E-state index in [-0.39, 0.29) is 12.0 Å². The maximum Gasteiger partial charge on any atom is 0.146 e. The zero-order valence-electron chi connectivity index (χ0n) is 18.7. The standard InChI is InChI=1S/C27H37NO/c1-19(2)20-11-13-22(14-12-20)26(21-9-7-6-8-10-21)25(29)18-24-17-23(15-16-28-24)27(3,4)5/h6-14,19,23-24,26,28H,15-18H2,1-5H3. The Morgan fingerprint density at radius 2 is 1.55 bits per heavy atom. The quantitative estimate of drug-likeness (QED) is 0.624. The van der Waals surface area contributed by atoms with Gasteiger partial charge in [0.1, 0.15) is 5.78 Å². The molecule has 0 spiro atoms. The Morgan fingerprint density at radius 1 is 0.966 bits per heavy atom. The Hall–Kier alpha value is -1.93. The van der Waals surface area contributed by atoms with Crippen molar-refractivity contribution in [3.8, 4) is 0 Å². The first kappa shape index (κ1) is 21.8. The molecule has 0 aromatic heterocycles. The van der Waals surface area contributed by atoms with Crippen molar-refractivity contribution in [3.63, 3.8) is 0 Å². The summed E-state index contributed by atoms with van der Waals surface area (Å²) in [7, 11) is 0. The summed E-state index contributed by atoms with van der Waals surface area (Å²) >= 11 is 0. The molecule has 3 atom stereocenters. The summed E-state index contributed by atoms with van der Waals surface area (Å²) in [5.41, 5.74) is 3.82. The molecule has 2 heteroatoms. The third-order valence-corrected chi connectivity index (χ3v) is 6.56. The van der Waals surface area contributed by atoms with Gasteiger partial charge in [0, 0.05) is 12.5 Å². The normalized spacial score (nSPS) is 21.2. The lowest BCUT2D eigenvalue weighted by atomic mass is 9.72. The van der Waals surface area contributed by atoms with Crippen molar-refractivity contribution in [2.24, 2.45) is 11.3 Å². The van der Waals surface area contributed by atoms with Crippen molar-refractivity contribution in [1.29, 1.82) is 0 Å². The molecule has 1 aliphatic rings. The van der Waals surface area contributed by atoms with Crippen LogP contribution >= 0.6 is 0 Å². The number of hydrogen-bond donors (Lipinski definition) is 1. The van der Waals surface area contributed by atoms with E-state index in [4.69, 9.17) is 0 Å². The molecule has 1 fully saturated rings. The highest BCUT2D eigenvalue weighted by Gasteiger charge is 2.33. The van der Waals surface area contributed by atoms with Gasteiger partial charge in [0.05, 0.1) is 5.92 Å². The summed E-state index contributed by atoms with van der Waals surface area (Å²) in [5.74, 6) is 1.30. The van der Waals surface area contributed by atoms with Crippen LogP contribution in [-0.4, -0.2) is 18.4 Å². The van der Waals surface area contributed by atoms with E-state index < -0.39 is 0 Å². The van der Waals surface area contributed by atoms with E-state index in [0.29, 0.717) is 29.5 Å². The van der Waals surface area contributed by atoms with Crippen molar-refractivity contribution in [2.45, 2.75) is 71.8 Å². The van der Waals surface area contributed by atoms with Crippen LogP contribution in [0.25, 0.3) is 0 Å². The van der Waals surface area contributed by atoms with Gasteiger partial charge in [0.2, 0.25) is 0 Å². The van der Waals surface area contributed by atoms with Gasteiger partial charge < -0.3 is 5.32 Å². The van der Waals surface area contributed by atoms with Crippen molar-refractivity contribution in [3.05, 3.63) is 71.3 Å². The largest absolute Gasteiger partial charge is 0.314 e. The van der Waals surface area contributed by atoms with Gasteiger partial charge in [0.25, 0.3) is 0 Å². The van der Waals surface area contributed by atoms with E-state index in [1.807, 2.05) is 18.2 Å². The zero-order chi connectivity index (χ0) is 21.0. The fourth-order valence-corrected chi connectivity index (χ4v) is 4.59. The van der Waals surface area contributed by atoms with Crippen LogP contribution in [0.4, 0.5) is 0 Å². The second-order valence-electron chi connectivity index (χ2n) is 10.1. The average Bonchev–Trinajstić information content (AvgIpc) is 2.69. The lowest BCUT2D eigenvalue weighted by Gasteiger charge is -2.38. The van der Waals surface area contributed by atoms with Gasteiger partial charge in [-0.1, -0.05) is 89.2 Å². The van der Waals surface area contributed by atoms with Crippen LogP contribution in [0, 0.1) is 11.3 Å². The summed E-state index contributed by atoms with van der Waals surface area (Å²) < 4.78 is 0. The number of hydrogen-bond acceptors (Lipinski definition) is 2. The molecule has 156 valence electrons. The van der Waals surface area contributed by atoms with Crippen LogP contribution in [0.15, 0.2) is 54.6 Å². The summed E-state index contributed by atoms with van der Waals surface area (Å²) in [6.45, 7) is 12.4. The third kappa shape index (κ3) is 5.57. The highest BCUT2D eigenvalue weighted by Crippen LogP contribution is 2.36. The number of carbonyl (C=O) groups excluding carboxylic acids is 1. The first-order valence-electron chi connectivity index (χ1n) is 11.2. The number of ketones is 1. The van der Waals surface area contributed by atoms with E-state index in [9.17, 15) is 4.79 Å². The maximum absolute atomic E-state index is 13.5. The van der Waals surface area contributed by atoms with Crippen molar-refractivity contribution in [2.75, 3.05) is 6.54 Å². The summed E-state index contributed by atoms with van der Waals surface area (Å²) in [6.07, 6.45) is 2.88. The first-order chi connectivity index (χ1) is 13.8.